The molecule has 0 radical (unpaired) electrons. The summed E-state index contributed by atoms with van der Waals surface area (Å²) in [6.45, 7) is 5.22. The predicted octanol–water partition coefficient (Wildman–Crippen LogP) is 2.46. The fourth-order valence-corrected chi connectivity index (χ4v) is 8.56. The van der Waals surface area contributed by atoms with Gasteiger partial charge in [-0.3, -0.25) is 9.98 Å². The Morgan fingerprint density at radius 1 is 1.19 bits per heavy atom. The van der Waals surface area contributed by atoms with Crippen LogP contribution in [0.5, 0.6) is 0 Å². The molecule has 2 aromatic heterocycles. The first-order valence-electron chi connectivity index (χ1n) is 10.5. The molecule has 0 aromatic carbocycles. The molecule has 3 aliphatic rings. The molecule has 8 nitrogen and oxygen atoms in total. The third kappa shape index (κ3) is 3.52. The first-order chi connectivity index (χ1) is 15.2. The topological polar surface area (TPSA) is 107 Å². The van der Waals surface area contributed by atoms with Crippen molar-refractivity contribution in [1.29, 1.82) is 0 Å². The number of morpholine rings is 1. The van der Waals surface area contributed by atoms with E-state index in [9.17, 15) is 8.42 Å². The number of aliphatic imine (C=N–C) groups is 1. The molecule has 0 bridgehead atoms. The number of hydrogen-bond donors (Lipinski definition) is 1. The van der Waals surface area contributed by atoms with Crippen LogP contribution in [0.25, 0.3) is 10.4 Å². The van der Waals surface area contributed by atoms with Crippen molar-refractivity contribution in [2.45, 2.75) is 23.6 Å². The summed E-state index contributed by atoms with van der Waals surface area (Å²) in [5.41, 5.74) is 7.16. The molecule has 1 spiro atoms. The largest absolute Gasteiger partial charge is 0.386 e. The minimum atomic E-state index is -3.58. The van der Waals surface area contributed by atoms with Crippen LogP contribution in [0.3, 0.4) is 0 Å². The second-order valence-corrected chi connectivity index (χ2v) is 12.4. The SMILES string of the molecule is C[C@@]1(c2sc(-c3cncc(N4CCOCC4)c3)cc2Cl)CS(=O)(=O)[C@@]2(CCOC2)C(N)=N1. The molecular formula is C21H25ClN4O4S2. The molecule has 2 aromatic rings. The van der Waals surface area contributed by atoms with Gasteiger partial charge in [-0.15, -0.1) is 11.3 Å². The molecule has 5 heterocycles. The summed E-state index contributed by atoms with van der Waals surface area (Å²) in [7, 11) is -3.58. The van der Waals surface area contributed by atoms with Crippen molar-refractivity contribution >= 4 is 44.3 Å². The lowest BCUT2D eigenvalue weighted by Gasteiger charge is -2.38. The van der Waals surface area contributed by atoms with Gasteiger partial charge in [-0.1, -0.05) is 11.6 Å². The smallest absolute Gasteiger partial charge is 0.168 e. The molecule has 32 heavy (non-hydrogen) atoms. The summed E-state index contributed by atoms with van der Waals surface area (Å²) in [6, 6.07) is 3.93. The van der Waals surface area contributed by atoms with Crippen molar-refractivity contribution in [2.75, 3.05) is 50.2 Å². The molecule has 0 aliphatic carbocycles. The number of thiophene rings is 1. The van der Waals surface area contributed by atoms with Crippen LogP contribution in [0.1, 0.15) is 18.2 Å². The Kier molecular flexibility index (Phi) is 5.49. The molecule has 5 rings (SSSR count). The van der Waals surface area contributed by atoms with Gasteiger partial charge < -0.3 is 20.1 Å². The van der Waals surface area contributed by atoms with Crippen LogP contribution in [0.15, 0.2) is 29.5 Å². The summed E-state index contributed by atoms with van der Waals surface area (Å²) >= 11 is 8.07. The van der Waals surface area contributed by atoms with Crippen molar-refractivity contribution in [3.05, 3.63) is 34.4 Å². The van der Waals surface area contributed by atoms with Gasteiger partial charge >= 0.3 is 0 Å². The van der Waals surface area contributed by atoms with Gasteiger partial charge in [0.2, 0.25) is 0 Å². The summed E-state index contributed by atoms with van der Waals surface area (Å²) in [4.78, 5) is 12.9. The Labute approximate surface area is 196 Å². The van der Waals surface area contributed by atoms with E-state index in [1.165, 1.54) is 11.3 Å². The third-order valence-electron chi connectivity index (χ3n) is 6.45. The highest BCUT2D eigenvalue weighted by atomic mass is 35.5. The summed E-state index contributed by atoms with van der Waals surface area (Å²) in [5.74, 6) is -0.0405. The fraction of sp³-hybridized carbons (Fsp3) is 0.524. The lowest BCUT2D eigenvalue weighted by atomic mass is 10.0. The molecule has 172 valence electrons. The quantitative estimate of drug-likeness (QED) is 0.695. The minimum absolute atomic E-state index is 0.0597. The average Bonchev–Trinajstić information content (AvgIpc) is 3.42. The molecule has 0 saturated carbocycles. The van der Waals surface area contributed by atoms with Crippen LogP contribution < -0.4 is 10.6 Å². The van der Waals surface area contributed by atoms with Gasteiger partial charge in [0.15, 0.2) is 14.6 Å². The van der Waals surface area contributed by atoms with Crippen molar-refractivity contribution in [3.8, 4) is 10.4 Å². The average molecular weight is 497 g/mol. The van der Waals surface area contributed by atoms with Crippen molar-refractivity contribution in [3.63, 3.8) is 0 Å². The second-order valence-electron chi connectivity index (χ2n) is 8.65. The van der Waals surface area contributed by atoms with Gasteiger partial charge in [0.05, 0.1) is 47.4 Å². The Morgan fingerprint density at radius 2 is 1.97 bits per heavy atom. The zero-order valence-corrected chi connectivity index (χ0v) is 20.1. The van der Waals surface area contributed by atoms with E-state index in [-0.39, 0.29) is 18.2 Å². The fourth-order valence-electron chi connectivity index (χ4n) is 4.61. The number of aromatic nitrogens is 1. The highest BCUT2D eigenvalue weighted by molar-refractivity contribution is 7.93. The minimum Gasteiger partial charge on any atom is -0.386 e. The van der Waals surface area contributed by atoms with Gasteiger partial charge in [0, 0.05) is 36.3 Å². The number of anilines is 1. The van der Waals surface area contributed by atoms with E-state index in [0.717, 1.165) is 29.2 Å². The Bertz CT molecular complexity index is 1170. The molecule has 2 saturated heterocycles. The Balaban J connectivity index is 1.51. The van der Waals surface area contributed by atoms with Crippen LogP contribution in [0.2, 0.25) is 5.02 Å². The van der Waals surface area contributed by atoms with Gasteiger partial charge in [0.1, 0.15) is 11.4 Å². The molecule has 2 atom stereocenters. The van der Waals surface area contributed by atoms with Crippen LogP contribution >= 0.6 is 22.9 Å². The maximum absolute atomic E-state index is 13.3. The molecule has 0 amide bonds. The van der Waals surface area contributed by atoms with Gasteiger partial charge in [-0.05, 0) is 25.5 Å². The molecule has 0 unspecified atom stereocenters. The number of amidine groups is 1. The number of halogens is 1. The first kappa shape index (κ1) is 22.1. The van der Waals surface area contributed by atoms with E-state index >= 15 is 0 Å². The highest BCUT2D eigenvalue weighted by Crippen LogP contribution is 2.47. The lowest BCUT2D eigenvalue weighted by Crippen LogP contribution is -2.58. The number of rotatable bonds is 3. The number of nitrogens with zero attached hydrogens (tertiary/aromatic N) is 3. The maximum atomic E-state index is 13.3. The zero-order valence-electron chi connectivity index (χ0n) is 17.7. The molecule has 2 N–H and O–H groups in total. The summed E-state index contributed by atoms with van der Waals surface area (Å²) < 4.78 is 36.2. The molecular weight excluding hydrogens is 472 g/mol. The van der Waals surface area contributed by atoms with E-state index in [1.54, 1.807) is 13.1 Å². The van der Waals surface area contributed by atoms with E-state index in [4.69, 9.17) is 31.8 Å². The number of sulfone groups is 1. The third-order valence-corrected chi connectivity index (χ3v) is 11.0. The van der Waals surface area contributed by atoms with Crippen molar-refractivity contribution < 1.29 is 17.9 Å². The monoisotopic (exact) mass is 496 g/mol. The van der Waals surface area contributed by atoms with Crippen LogP contribution in [0, 0.1) is 0 Å². The number of hydrogen-bond acceptors (Lipinski definition) is 9. The normalized spacial score (nSPS) is 29.9. The van der Waals surface area contributed by atoms with Gasteiger partial charge in [-0.25, -0.2) is 8.42 Å². The van der Waals surface area contributed by atoms with E-state index in [2.05, 4.69) is 16.0 Å². The Hall–Kier alpha value is -1.72. The van der Waals surface area contributed by atoms with E-state index < -0.39 is 20.1 Å². The molecule has 3 aliphatic heterocycles. The Morgan fingerprint density at radius 3 is 2.66 bits per heavy atom. The van der Waals surface area contributed by atoms with E-state index in [1.807, 2.05) is 12.3 Å². The van der Waals surface area contributed by atoms with Crippen molar-refractivity contribution in [1.82, 2.24) is 4.98 Å². The predicted molar refractivity (Wildman–Crippen MR) is 127 cm³/mol. The van der Waals surface area contributed by atoms with Crippen LogP contribution in [0.4, 0.5) is 5.69 Å². The summed E-state index contributed by atoms with van der Waals surface area (Å²) in [6.07, 6.45) is 3.97. The number of pyridine rings is 1. The molecule has 2 fully saturated rings. The van der Waals surface area contributed by atoms with Gasteiger partial charge in [0.25, 0.3) is 0 Å². The number of nitrogens with two attached hydrogens (primary N) is 1. The van der Waals surface area contributed by atoms with Gasteiger partial charge in [-0.2, -0.15) is 0 Å². The molecule has 11 heteroatoms. The highest BCUT2D eigenvalue weighted by Gasteiger charge is 2.57. The summed E-state index contributed by atoms with van der Waals surface area (Å²) in [5, 5.41) is 0.481. The number of ether oxygens (including phenoxy) is 2. The zero-order chi connectivity index (χ0) is 22.6. The second kappa shape index (κ2) is 7.95. The lowest BCUT2D eigenvalue weighted by molar-refractivity contribution is 0.122. The maximum Gasteiger partial charge on any atom is 0.168 e. The van der Waals surface area contributed by atoms with Crippen molar-refractivity contribution in [2.24, 2.45) is 10.7 Å². The van der Waals surface area contributed by atoms with Crippen LogP contribution in [-0.4, -0.2) is 69.3 Å². The van der Waals surface area contributed by atoms with Crippen LogP contribution in [-0.2, 0) is 24.8 Å². The van der Waals surface area contributed by atoms with E-state index in [0.29, 0.717) is 36.1 Å². The standard InChI is InChI=1S/C21H25ClN4O4S2/c1-20(13-32(27,28)21(19(23)25-20)2-5-30-12-21)18-16(22)9-17(31-18)14-8-15(11-24-10-14)26-3-6-29-7-4-26/h8-11H,2-7,12-13H2,1H3,(H2,23,25)/t20-,21+/m0/s1. The first-order valence-corrected chi connectivity index (χ1v) is 13.3.